The van der Waals surface area contributed by atoms with E-state index in [-0.39, 0.29) is 23.1 Å². The average molecular weight is 435 g/mol. The number of pyridine rings is 2. The number of carboxylic acids is 1. The Labute approximate surface area is 182 Å². The first-order chi connectivity index (χ1) is 15.4. The molecule has 0 saturated heterocycles. The number of hydrogen-bond acceptors (Lipinski definition) is 5. The van der Waals surface area contributed by atoms with Gasteiger partial charge >= 0.3 is 5.97 Å². The van der Waals surface area contributed by atoms with Crippen LogP contribution in [-0.4, -0.2) is 31.7 Å². The van der Waals surface area contributed by atoms with Crippen LogP contribution in [0.3, 0.4) is 0 Å². The number of aliphatic carboxylic acids is 1. The molecule has 3 aromatic heterocycles. The van der Waals surface area contributed by atoms with Crippen molar-refractivity contribution >= 4 is 22.7 Å². The van der Waals surface area contributed by atoms with Gasteiger partial charge in [0.15, 0.2) is 0 Å². The SMILES string of the molecule is Cn1cc(-c2c[nH]c3ncc(F)cc23)c(C#N)c(NC2C3CCC(CC3)[C@@H]2C(=O)O)c1=O. The maximum absolute atomic E-state index is 13.9. The predicted molar refractivity (Wildman–Crippen MR) is 115 cm³/mol. The van der Waals surface area contributed by atoms with Crippen molar-refractivity contribution in [2.75, 3.05) is 5.32 Å². The number of aromatic amines is 1. The molecule has 3 aliphatic carbocycles. The third-order valence-corrected chi connectivity index (χ3v) is 7.09. The fourth-order valence-corrected chi connectivity index (χ4v) is 5.57. The number of carboxylic acid groups (broad SMARTS) is 1. The molecule has 9 heteroatoms. The Morgan fingerprint density at radius 3 is 2.72 bits per heavy atom. The third kappa shape index (κ3) is 3.06. The van der Waals surface area contributed by atoms with E-state index in [1.807, 2.05) is 0 Å². The number of aromatic nitrogens is 3. The van der Waals surface area contributed by atoms with E-state index < -0.39 is 29.3 Å². The second-order valence-corrected chi connectivity index (χ2v) is 8.78. The van der Waals surface area contributed by atoms with Crippen LogP contribution in [0.15, 0.2) is 29.5 Å². The highest BCUT2D eigenvalue weighted by Gasteiger charge is 2.47. The summed E-state index contributed by atoms with van der Waals surface area (Å²) in [6.45, 7) is 0. The summed E-state index contributed by atoms with van der Waals surface area (Å²) in [5, 5.41) is 23.6. The molecule has 0 radical (unpaired) electrons. The zero-order valence-electron chi connectivity index (χ0n) is 17.4. The van der Waals surface area contributed by atoms with Crippen LogP contribution in [0.25, 0.3) is 22.2 Å². The van der Waals surface area contributed by atoms with E-state index in [2.05, 4.69) is 21.4 Å². The van der Waals surface area contributed by atoms with Crippen molar-refractivity contribution in [3.05, 3.63) is 46.4 Å². The zero-order chi connectivity index (χ0) is 22.6. The summed E-state index contributed by atoms with van der Waals surface area (Å²) in [4.78, 5) is 32.1. The van der Waals surface area contributed by atoms with Gasteiger partial charge in [-0.3, -0.25) is 9.59 Å². The van der Waals surface area contributed by atoms with Gasteiger partial charge in [-0.2, -0.15) is 5.26 Å². The van der Waals surface area contributed by atoms with Crippen LogP contribution in [0.2, 0.25) is 0 Å². The van der Waals surface area contributed by atoms with Crippen molar-refractivity contribution < 1.29 is 14.3 Å². The van der Waals surface area contributed by atoms with Crippen LogP contribution in [0.4, 0.5) is 10.1 Å². The molecule has 1 unspecified atom stereocenters. The molecule has 2 bridgehead atoms. The van der Waals surface area contributed by atoms with Gasteiger partial charge in [-0.1, -0.05) is 0 Å². The van der Waals surface area contributed by atoms with Crippen molar-refractivity contribution in [3.8, 4) is 17.2 Å². The molecule has 0 amide bonds. The molecule has 3 aliphatic rings. The molecule has 6 rings (SSSR count). The van der Waals surface area contributed by atoms with Gasteiger partial charge in [-0.05, 0) is 43.6 Å². The van der Waals surface area contributed by atoms with Crippen molar-refractivity contribution in [2.24, 2.45) is 24.8 Å². The number of rotatable bonds is 4. The smallest absolute Gasteiger partial charge is 0.308 e. The Kier molecular flexibility index (Phi) is 4.73. The maximum atomic E-state index is 13.9. The number of nitrogens with one attached hydrogen (secondary N) is 2. The molecule has 2 atom stereocenters. The van der Waals surface area contributed by atoms with Gasteiger partial charge in [0.1, 0.15) is 23.2 Å². The summed E-state index contributed by atoms with van der Waals surface area (Å²) in [6, 6.07) is 3.03. The molecule has 3 saturated carbocycles. The molecule has 3 heterocycles. The number of nitriles is 1. The molecule has 3 fully saturated rings. The van der Waals surface area contributed by atoms with Gasteiger partial charge in [0, 0.05) is 42.0 Å². The lowest BCUT2D eigenvalue weighted by Gasteiger charge is -2.47. The summed E-state index contributed by atoms with van der Waals surface area (Å²) < 4.78 is 15.2. The number of carbonyl (C=O) groups is 1. The van der Waals surface area contributed by atoms with E-state index in [1.165, 1.54) is 10.6 Å². The lowest BCUT2D eigenvalue weighted by atomic mass is 9.61. The summed E-state index contributed by atoms with van der Waals surface area (Å²) in [7, 11) is 1.58. The largest absolute Gasteiger partial charge is 0.481 e. The molecule has 8 nitrogen and oxygen atoms in total. The molecular formula is C23H22FN5O3. The molecule has 3 aromatic rings. The Bertz CT molecular complexity index is 1330. The van der Waals surface area contributed by atoms with Crippen molar-refractivity contribution in [1.29, 1.82) is 5.26 Å². The number of halogens is 1. The Morgan fingerprint density at radius 1 is 1.31 bits per heavy atom. The number of hydrogen-bond donors (Lipinski definition) is 3. The number of nitrogens with zero attached hydrogens (tertiary/aromatic N) is 3. The fraction of sp³-hybridized carbons (Fsp3) is 0.391. The first kappa shape index (κ1) is 20.2. The van der Waals surface area contributed by atoms with E-state index in [4.69, 9.17) is 0 Å². The molecule has 0 aliphatic heterocycles. The maximum Gasteiger partial charge on any atom is 0.308 e. The Morgan fingerprint density at radius 2 is 2.03 bits per heavy atom. The highest BCUT2D eigenvalue weighted by atomic mass is 19.1. The monoisotopic (exact) mass is 435 g/mol. The number of H-pyrrole nitrogens is 1. The minimum atomic E-state index is -0.874. The van der Waals surface area contributed by atoms with Crippen LogP contribution in [0, 0.1) is 34.9 Å². The van der Waals surface area contributed by atoms with E-state index >= 15 is 0 Å². The summed E-state index contributed by atoms with van der Waals surface area (Å²) >= 11 is 0. The zero-order valence-corrected chi connectivity index (χ0v) is 17.4. The lowest BCUT2D eigenvalue weighted by molar-refractivity contribution is -0.148. The van der Waals surface area contributed by atoms with E-state index in [0.29, 0.717) is 22.2 Å². The normalized spacial score (nSPS) is 24.4. The van der Waals surface area contributed by atoms with Gasteiger partial charge in [0.25, 0.3) is 5.56 Å². The molecule has 0 aromatic carbocycles. The van der Waals surface area contributed by atoms with Crippen molar-refractivity contribution in [2.45, 2.75) is 31.7 Å². The second-order valence-electron chi connectivity index (χ2n) is 8.78. The predicted octanol–water partition coefficient (Wildman–Crippen LogP) is 3.24. The molecule has 0 spiro atoms. The van der Waals surface area contributed by atoms with Crippen molar-refractivity contribution in [1.82, 2.24) is 14.5 Å². The van der Waals surface area contributed by atoms with E-state index in [9.17, 15) is 24.3 Å². The van der Waals surface area contributed by atoms with Gasteiger partial charge < -0.3 is 20.0 Å². The van der Waals surface area contributed by atoms with Crippen LogP contribution in [0.5, 0.6) is 0 Å². The number of aryl methyl sites for hydroxylation is 1. The van der Waals surface area contributed by atoms with E-state index in [1.54, 1.807) is 19.4 Å². The number of anilines is 1. The molecule has 164 valence electrons. The van der Waals surface area contributed by atoms with Crippen LogP contribution >= 0.6 is 0 Å². The summed E-state index contributed by atoms with van der Waals surface area (Å²) in [6.07, 6.45) is 7.83. The van der Waals surface area contributed by atoms with Crippen LogP contribution < -0.4 is 10.9 Å². The molecular weight excluding hydrogens is 413 g/mol. The quantitative estimate of drug-likeness (QED) is 0.578. The summed E-state index contributed by atoms with van der Waals surface area (Å²) in [5.41, 5.74) is 1.26. The van der Waals surface area contributed by atoms with Gasteiger partial charge in [0.2, 0.25) is 0 Å². The number of fused-ring (bicyclic) bond motifs is 4. The van der Waals surface area contributed by atoms with Gasteiger partial charge in [-0.15, -0.1) is 0 Å². The van der Waals surface area contributed by atoms with Crippen LogP contribution in [-0.2, 0) is 11.8 Å². The van der Waals surface area contributed by atoms with Crippen LogP contribution in [0.1, 0.15) is 31.2 Å². The Hall–Kier alpha value is -3.67. The van der Waals surface area contributed by atoms with Gasteiger partial charge in [-0.25, -0.2) is 9.37 Å². The fourth-order valence-electron chi connectivity index (χ4n) is 5.57. The van der Waals surface area contributed by atoms with Gasteiger partial charge in [0.05, 0.1) is 17.7 Å². The Balaban J connectivity index is 1.66. The molecule has 32 heavy (non-hydrogen) atoms. The van der Waals surface area contributed by atoms with E-state index in [0.717, 1.165) is 31.9 Å². The topological polar surface area (TPSA) is 124 Å². The highest BCUT2D eigenvalue weighted by Crippen LogP contribution is 2.46. The average Bonchev–Trinajstić information content (AvgIpc) is 3.20. The highest BCUT2D eigenvalue weighted by molar-refractivity contribution is 5.96. The third-order valence-electron chi connectivity index (χ3n) is 7.09. The first-order valence-electron chi connectivity index (χ1n) is 10.6. The molecule has 3 N–H and O–H groups in total. The minimum absolute atomic E-state index is 0.0650. The lowest BCUT2D eigenvalue weighted by Crippen LogP contribution is -2.52. The standard InChI is InChI=1S/C23H22FN5O3/c1-29-10-17(16-9-27-21-14(16)6-13(24)8-26-21)15(7-25)20(22(29)30)28-19-12-4-2-11(3-5-12)18(19)23(31)32/h6,8-12,18-19,28H,2-5H2,1H3,(H,26,27)(H,31,32)/t11?,12?,18-,19?/m0/s1. The second kappa shape index (κ2) is 7.48. The summed E-state index contributed by atoms with van der Waals surface area (Å²) in [5.74, 6) is -1.79. The first-order valence-corrected chi connectivity index (χ1v) is 10.6. The van der Waals surface area contributed by atoms with Crippen molar-refractivity contribution in [3.63, 3.8) is 0 Å². The minimum Gasteiger partial charge on any atom is -0.481 e.